The smallest absolute Gasteiger partial charge is 0.318 e. The van der Waals surface area contributed by atoms with Gasteiger partial charge in [0.2, 0.25) is 15.9 Å². The Bertz CT molecular complexity index is 1190. The first-order chi connectivity index (χ1) is 14.9. The molecule has 31 heavy (non-hydrogen) atoms. The second-order valence-corrected chi connectivity index (χ2v) is 8.64. The van der Waals surface area contributed by atoms with Gasteiger partial charge >= 0.3 is 6.01 Å². The van der Waals surface area contributed by atoms with Crippen LogP contribution >= 0.6 is 0 Å². The first-order valence-electron chi connectivity index (χ1n) is 9.36. The predicted molar refractivity (Wildman–Crippen MR) is 110 cm³/mol. The number of aromatic nitrogens is 2. The summed E-state index contributed by atoms with van der Waals surface area (Å²) < 4.78 is 38.0. The molecule has 0 saturated carbocycles. The molecule has 0 amide bonds. The summed E-state index contributed by atoms with van der Waals surface area (Å²) in [5, 5.41) is 19.3. The Labute approximate surface area is 178 Å². The molecule has 0 bridgehead atoms. The van der Waals surface area contributed by atoms with Crippen molar-refractivity contribution < 1.29 is 22.5 Å². The van der Waals surface area contributed by atoms with Crippen molar-refractivity contribution >= 4 is 21.7 Å². The molecule has 11 nitrogen and oxygen atoms in total. The van der Waals surface area contributed by atoms with Crippen molar-refractivity contribution in [2.45, 2.75) is 4.90 Å². The van der Waals surface area contributed by atoms with Gasteiger partial charge in [-0.1, -0.05) is 17.2 Å². The van der Waals surface area contributed by atoms with Gasteiger partial charge in [0.05, 0.1) is 12.0 Å². The maximum Gasteiger partial charge on any atom is 0.318 e. The fourth-order valence-corrected chi connectivity index (χ4v) is 4.86. The number of methoxy groups -OCH3 is 1. The van der Waals surface area contributed by atoms with Crippen molar-refractivity contribution in [2.24, 2.45) is 0 Å². The van der Waals surface area contributed by atoms with Crippen LogP contribution in [-0.4, -0.2) is 61.1 Å². The Morgan fingerprint density at radius 2 is 1.71 bits per heavy atom. The molecule has 3 aromatic rings. The van der Waals surface area contributed by atoms with Gasteiger partial charge in [-0.25, -0.2) is 8.42 Å². The molecule has 0 spiro atoms. The second-order valence-electron chi connectivity index (χ2n) is 6.73. The topological polar surface area (TPSA) is 132 Å². The third-order valence-corrected chi connectivity index (χ3v) is 6.89. The zero-order valence-corrected chi connectivity index (χ0v) is 17.4. The van der Waals surface area contributed by atoms with Gasteiger partial charge in [-0.2, -0.15) is 4.31 Å². The van der Waals surface area contributed by atoms with Gasteiger partial charge < -0.3 is 14.1 Å². The zero-order chi connectivity index (χ0) is 22.0. The van der Waals surface area contributed by atoms with E-state index in [0.29, 0.717) is 24.7 Å². The van der Waals surface area contributed by atoms with Crippen LogP contribution in [0, 0.1) is 10.1 Å². The maximum atomic E-state index is 12.9. The van der Waals surface area contributed by atoms with Crippen molar-refractivity contribution in [3.05, 3.63) is 58.6 Å². The number of nitro benzene ring substituents is 1. The summed E-state index contributed by atoms with van der Waals surface area (Å²) >= 11 is 0. The van der Waals surface area contributed by atoms with Crippen LogP contribution in [0.1, 0.15) is 0 Å². The molecule has 0 radical (unpaired) electrons. The third kappa shape index (κ3) is 4.07. The van der Waals surface area contributed by atoms with Crippen LogP contribution in [0.15, 0.2) is 57.8 Å². The Balaban J connectivity index is 1.47. The lowest BCUT2D eigenvalue weighted by Gasteiger charge is -2.32. The maximum absolute atomic E-state index is 12.9. The van der Waals surface area contributed by atoms with E-state index in [2.05, 4.69) is 10.2 Å². The Kier molecular flexibility index (Phi) is 5.57. The normalized spacial score (nSPS) is 15.1. The number of anilines is 1. The van der Waals surface area contributed by atoms with Crippen LogP contribution in [0.4, 0.5) is 11.7 Å². The SMILES string of the molecule is COc1ccc(-c2nnc(N3CCN(S(=O)(=O)c4ccccc4[N+](=O)[O-])CC3)o2)cc1. The van der Waals surface area contributed by atoms with E-state index in [0.717, 1.165) is 5.56 Å². The lowest BCUT2D eigenvalue weighted by molar-refractivity contribution is -0.387. The van der Waals surface area contributed by atoms with Crippen LogP contribution in [0.5, 0.6) is 5.75 Å². The monoisotopic (exact) mass is 445 g/mol. The first-order valence-corrected chi connectivity index (χ1v) is 10.8. The van der Waals surface area contributed by atoms with E-state index in [9.17, 15) is 18.5 Å². The average molecular weight is 445 g/mol. The Hall–Kier alpha value is -3.51. The minimum Gasteiger partial charge on any atom is -0.497 e. The molecule has 1 aliphatic rings. The highest BCUT2D eigenvalue weighted by Crippen LogP contribution is 2.28. The molecule has 12 heteroatoms. The summed E-state index contributed by atoms with van der Waals surface area (Å²) in [6.07, 6.45) is 0. The summed E-state index contributed by atoms with van der Waals surface area (Å²) in [5.74, 6) is 1.05. The molecular formula is C19H19N5O6S. The van der Waals surface area contributed by atoms with Gasteiger partial charge in [0, 0.05) is 37.8 Å². The minimum atomic E-state index is -4.00. The van der Waals surface area contributed by atoms with Crippen molar-refractivity contribution in [3.8, 4) is 17.2 Å². The van der Waals surface area contributed by atoms with Crippen LogP contribution in [0.3, 0.4) is 0 Å². The number of piperazine rings is 1. The molecule has 0 aliphatic carbocycles. The molecule has 2 heterocycles. The molecule has 4 rings (SSSR count). The molecule has 0 N–H and O–H groups in total. The highest BCUT2D eigenvalue weighted by atomic mass is 32.2. The van der Waals surface area contributed by atoms with Crippen molar-refractivity contribution in [2.75, 3.05) is 38.2 Å². The summed E-state index contributed by atoms with van der Waals surface area (Å²) in [7, 11) is -2.42. The summed E-state index contributed by atoms with van der Waals surface area (Å²) in [6.45, 7) is 0.886. The number of benzene rings is 2. The molecule has 1 aliphatic heterocycles. The number of nitro groups is 1. The van der Waals surface area contributed by atoms with E-state index in [1.54, 1.807) is 36.3 Å². The van der Waals surface area contributed by atoms with Gasteiger partial charge in [-0.3, -0.25) is 10.1 Å². The minimum absolute atomic E-state index is 0.134. The lowest BCUT2D eigenvalue weighted by atomic mass is 10.2. The Morgan fingerprint density at radius 1 is 1.03 bits per heavy atom. The van der Waals surface area contributed by atoms with Crippen LogP contribution in [0.25, 0.3) is 11.5 Å². The summed E-state index contributed by atoms with van der Waals surface area (Å²) in [6, 6.07) is 12.8. The van der Waals surface area contributed by atoms with Crippen molar-refractivity contribution in [3.63, 3.8) is 0 Å². The van der Waals surface area contributed by atoms with E-state index in [1.807, 2.05) is 0 Å². The number of sulfonamides is 1. The zero-order valence-electron chi connectivity index (χ0n) is 16.5. The van der Waals surface area contributed by atoms with Crippen molar-refractivity contribution in [1.82, 2.24) is 14.5 Å². The van der Waals surface area contributed by atoms with E-state index in [1.165, 1.54) is 28.6 Å². The fraction of sp³-hybridized carbons (Fsp3) is 0.263. The van der Waals surface area contributed by atoms with Crippen LogP contribution in [0.2, 0.25) is 0 Å². The highest BCUT2D eigenvalue weighted by Gasteiger charge is 2.34. The van der Waals surface area contributed by atoms with Gasteiger partial charge in [0.1, 0.15) is 5.75 Å². The second kappa shape index (κ2) is 8.32. The predicted octanol–water partition coefficient (Wildman–Crippen LogP) is 2.16. The molecule has 0 unspecified atom stereocenters. The number of ether oxygens (including phenoxy) is 1. The summed E-state index contributed by atoms with van der Waals surface area (Å²) in [5.41, 5.74) is 0.295. The summed E-state index contributed by atoms with van der Waals surface area (Å²) in [4.78, 5) is 12.0. The molecule has 1 fully saturated rings. The van der Waals surface area contributed by atoms with Crippen LogP contribution < -0.4 is 9.64 Å². The number of para-hydroxylation sites is 1. The van der Waals surface area contributed by atoms with E-state index >= 15 is 0 Å². The fourth-order valence-electron chi connectivity index (χ4n) is 3.28. The van der Waals surface area contributed by atoms with Crippen molar-refractivity contribution in [1.29, 1.82) is 0 Å². The van der Waals surface area contributed by atoms with Gasteiger partial charge in [-0.05, 0) is 30.3 Å². The first kappa shape index (κ1) is 20.8. The highest BCUT2D eigenvalue weighted by molar-refractivity contribution is 7.89. The molecule has 1 aromatic heterocycles. The van der Waals surface area contributed by atoms with Crippen LogP contribution in [-0.2, 0) is 10.0 Å². The molecule has 162 valence electrons. The standard InChI is InChI=1S/C19H19N5O6S/c1-29-15-8-6-14(7-9-15)18-20-21-19(30-18)22-10-12-23(13-11-22)31(27,28)17-5-3-2-4-16(17)24(25)26/h2-9H,10-13H2,1H3. The number of hydrogen-bond acceptors (Lipinski definition) is 9. The largest absolute Gasteiger partial charge is 0.497 e. The molecular weight excluding hydrogens is 426 g/mol. The third-order valence-electron chi connectivity index (χ3n) is 4.94. The molecule has 2 aromatic carbocycles. The van der Waals surface area contributed by atoms with E-state index in [-0.39, 0.29) is 24.0 Å². The molecule has 1 saturated heterocycles. The van der Waals surface area contributed by atoms with Gasteiger partial charge in [0.15, 0.2) is 4.90 Å². The number of hydrogen-bond donors (Lipinski definition) is 0. The van der Waals surface area contributed by atoms with Gasteiger partial charge in [-0.15, -0.1) is 5.10 Å². The van der Waals surface area contributed by atoms with E-state index < -0.39 is 20.6 Å². The lowest BCUT2D eigenvalue weighted by Crippen LogP contribution is -2.48. The number of rotatable bonds is 6. The van der Waals surface area contributed by atoms with E-state index in [4.69, 9.17) is 9.15 Å². The molecule has 0 atom stereocenters. The van der Waals surface area contributed by atoms with Gasteiger partial charge in [0.25, 0.3) is 5.69 Å². The average Bonchev–Trinajstić information content (AvgIpc) is 3.29. The number of nitrogens with zero attached hydrogens (tertiary/aromatic N) is 5. The Morgan fingerprint density at radius 3 is 2.35 bits per heavy atom. The quantitative estimate of drug-likeness (QED) is 0.413.